The van der Waals surface area contributed by atoms with Crippen molar-refractivity contribution >= 4 is 39.5 Å². The molecule has 0 amide bonds. The van der Waals surface area contributed by atoms with E-state index in [1.54, 1.807) is 0 Å². The smallest absolute Gasteiger partial charge is 0.462 e. The van der Waals surface area contributed by atoms with Gasteiger partial charge in [0.2, 0.25) is 0 Å². The second-order valence-electron chi connectivity index (χ2n) is 25.9. The van der Waals surface area contributed by atoms with E-state index in [2.05, 4.69) is 137 Å². The first-order valence-electron chi connectivity index (χ1n) is 39.1. The van der Waals surface area contributed by atoms with Gasteiger partial charge in [-0.3, -0.25) is 37.3 Å². The van der Waals surface area contributed by atoms with Gasteiger partial charge in [-0.05, 0) is 148 Å². The van der Waals surface area contributed by atoms with Crippen LogP contribution in [0.4, 0.5) is 0 Å². The highest BCUT2D eigenvalue weighted by atomic mass is 31.2. The average Bonchev–Trinajstić information content (AvgIpc) is 0.936. The lowest BCUT2D eigenvalue weighted by Gasteiger charge is -2.21. The second kappa shape index (κ2) is 73.0. The van der Waals surface area contributed by atoms with E-state index in [0.29, 0.717) is 25.7 Å². The molecule has 5 unspecified atom stereocenters. The molecule has 0 aromatic rings. The minimum Gasteiger partial charge on any atom is -0.462 e. The number of hydrogen-bond donors (Lipinski definition) is 3. The molecule has 0 fully saturated rings. The first-order valence-corrected chi connectivity index (χ1v) is 42.1. The lowest BCUT2D eigenvalue weighted by Crippen LogP contribution is -2.30. The fourth-order valence-electron chi connectivity index (χ4n) is 10.2. The Bertz CT molecular complexity index is 2320. The molecular formula is C81H140O17P2. The van der Waals surface area contributed by atoms with Crippen molar-refractivity contribution in [2.75, 3.05) is 39.6 Å². The summed E-state index contributed by atoms with van der Waals surface area (Å²) in [6.45, 7) is 4.61. The molecular weight excluding hydrogens is 1310 g/mol. The molecule has 0 aromatic heterocycles. The topological polar surface area (TPSA) is 237 Å². The number of unbranched alkanes of at least 4 members (excludes halogenated alkanes) is 29. The van der Waals surface area contributed by atoms with Crippen LogP contribution in [-0.4, -0.2) is 96.7 Å². The highest BCUT2D eigenvalue weighted by Crippen LogP contribution is 2.45. The van der Waals surface area contributed by atoms with Crippen molar-refractivity contribution in [1.29, 1.82) is 0 Å². The Morgan fingerprint density at radius 2 is 0.540 bits per heavy atom. The van der Waals surface area contributed by atoms with Crippen LogP contribution >= 0.6 is 15.6 Å². The minimum atomic E-state index is -4.98. The van der Waals surface area contributed by atoms with Crippen LogP contribution in [0, 0.1) is 0 Å². The standard InChI is InChI=1S/C81H140O17P2/c1-5-9-13-17-21-25-29-33-35-36-37-38-40-44-46-50-54-58-62-66-79(84)92-72-77(98-81(86)68-64-60-56-52-48-42-32-28-24-20-16-12-8-4)74-96-100(89,90)94-70-75(82)69-93-99(87,88)95-73-76(97-80(85)67-63-59-55-51-47-41-31-27-23-19-15-11-7-3)71-91-78(83)65-61-57-53-49-45-43-39-34-30-26-22-18-14-10-6-2/h10,14,16,20-22,25-28,31-35,37-39,75-77,82H,5-9,11-13,15,17-19,23-24,29-30,36,40-74H2,1-4H3,(H,87,88)(H,89,90)/b14-10-,20-16-,25-21-,26-22-,31-27-,32-28-,35-33-,38-37-,39-34-. The Balaban J connectivity index is 5.35. The third kappa shape index (κ3) is 72.1. The summed E-state index contributed by atoms with van der Waals surface area (Å²) in [5.41, 5.74) is 0. The number of allylic oxidation sites excluding steroid dienone is 18. The van der Waals surface area contributed by atoms with Crippen molar-refractivity contribution in [3.05, 3.63) is 109 Å². The van der Waals surface area contributed by atoms with Crippen LogP contribution in [0.1, 0.15) is 323 Å². The molecule has 0 saturated heterocycles. The van der Waals surface area contributed by atoms with E-state index in [0.717, 1.165) is 199 Å². The van der Waals surface area contributed by atoms with Crippen molar-refractivity contribution in [3.8, 4) is 0 Å². The molecule has 17 nitrogen and oxygen atoms in total. The first kappa shape index (κ1) is 95.7. The number of phosphoric ester groups is 2. The zero-order chi connectivity index (χ0) is 73.2. The summed E-state index contributed by atoms with van der Waals surface area (Å²) in [4.78, 5) is 72.9. The number of aliphatic hydroxyl groups excluding tert-OH is 1. The van der Waals surface area contributed by atoms with Gasteiger partial charge in [-0.1, -0.05) is 259 Å². The molecule has 0 saturated carbocycles. The van der Waals surface area contributed by atoms with Gasteiger partial charge in [0.15, 0.2) is 12.2 Å². The van der Waals surface area contributed by atoms with E-state index in [1.807, 2.05) is 0 Å². The van der Waals surface area contributed by atoms with Gasteiger partial charge in [0.05, 0.1) is 26.4 Å². The summed E-state index contributed by atoms with van der Waals surface area (Å²) in [7, 11) is -9.96. The molecule has 100 heavy (non-hydrogen) atoms. The Morgan fingerprint density at radius 1 is 0.290 bits per heavy atom. The molecule has 19 heteroatoms. The lowest BCUT2D eigenvalue weighted by atomic mass is 10.1. The molecule has 0 aliphatic rings. The quantitative estimate of drug-likeness (QED) is 0.0169. The van der Waals surface area contributed by atoms with E-state index >= 15 is 0 Å². The van der Waals surface area contributed by atoms with Crippen LogP contribution in [0.5, 0.6) is 0 Å². The number of aliphatic hydroxyl groups is 1. The van der Waals surface area contributed by atoms with Crippen LogP contribution in [0.2, 0.25) is 0 Å². The number of carbonyl (C=O) groups is 4. The Labute approximate surface area is 607 Å². The lowest BCUT2D eigenvalue weighted by molar-refractivity contribution is -0.161. The largest absolute Gasteiger partial charge is 0.472 e. The van der Waals surface area contributed by atoms with Crippen molar-refractivity contribution in [1.82, 2.24) is 0 Å². The highest BCUT2D eigenvalue weighted by Gasteiger charge is 2.30. The predicted octanol–water partition coefficient (Wildman–Crippen LogP) is 22.6. The number of rotatable bonds is 73. The number of ether oxygens (including phenoxy) is 4. The Kier molecular flexibility index (Phi) is 69.9. The van der Waals surface area contributed by atoms with Crippen LogP contribution < -0.4 is 0 Å². The molecule has 5 atom stereocenters. The summed E-state index contributed by atoms with van der Waals surface area (Å²) < 4.78 is 68.5. The molecule has 0 heterocycles. The summed E-state index contributed by atoms with van der Waals surface area (Å²) in [6.07, 6.45) is 77.8. The maximum absolute atomic E-state index is 13.1. The zero-order valence-electron chi connectivity index (χ0n) is 62.8. The average molecular weight is 1450 g/mol. The fraction of sp³-hybridized carbons (Fsp3) is 0.728. The van der Waals surface area contributed by atoms with Gasteiger partial charge in [0.1, 0.15) is 19.3 Å². The number of carbonyl (C=O) groups excluding carboxylic acids is 4. The van der Waals surface area contributed by atoms with Crippen molar-refractivity contribution < 1.29 is 80.2 Å². The summed E-state index contributed by atoms with van der Waals surface area (Å²) in [5.74, 6) is -2.22. The van der Waals surface area contributed by atoms with E-state index in [-0.39, 0.29) is 25.7 Å². The SMILES string of the molecule is CC/C=C\C/C=C\C/C=C\CCCCCCCC(=O)OCC(COP(=O)(O)OCC(O)COP(=O)(O)OCC(COC(=O)CCCCCCCC/C=C\C/C=C\C/C=C\CCCCC)OC(=O)CCCCCCC/C=C\C/C=C\CCC)OC(=O)CCCCCCC/C=C\CCCCCC. The molecule has 0 rings (SSSR count). The normalized spacial score (nSPS) is 14.5. The molecule has 576 valence electrons. The molecule has 3 N–H and O–H groups in total. The predicted molar refractivity (Wildman–Crippen MR) is 408 cm³/mol. The molecule has 0 aliphatic carbocycles. The van der Waals surface area contributed by atoms with Crippen LogP contribution in [0.25, 0.3) is 0 Å². The van der Waals surface area contributed by atoms with Crippen LogP contribution in [0.3, 0.4) is 0 Å². The third-order valence-corrected chi connectivity index (χ3v) is 18.1. The van der Waals surface area contributed by atoms with Gasteiger partial charge < -0.3 is 33.8 Å². The maximum Gasteiger partial charge on any atom is 0.472 e. The molecule has 0 aromatic carbocycles. The van der Waals surface area contributed by atoms with E-state index in [9.17, 15) is 43.2 Å². The zero-order valence-corrected chi connectivity index (χ0v) is 64.6. The summed E-state index contributed by atoms with van der Waals surface area (Å²) >= 11 is 0. The van der Waals surface area contributed by atoms with Gasteiger partial charge >= 0.3 is 39.5 Å². The highest BCUT2D eigenvalue weighted by molar-refractivity contribution is 7.47. The Morgan fingerprint density at radius 3 is 0.870 bits per heavy atom. The third-order valence-electron chi connectivity index (χ3n) is 16.2. The molecule has 0 radical (unpaired) electrons. The van der Waals surface area contributed by atoms with Crippen LogP contribution in [-0.2, 0) is 65.4 Å². The molecule has 0 bridgehead atoms. The summed E-state index contributed by atoms with van der Waals surface area (Å²) in [5, 5.41) is 10.6. The van der Waals surface area contributed by atoms with Crippen molar-refractivity contribution in [3.63, 3.8) is 0 Å². The van der Waals surface area contributed by atoms with Gasteiger partial charge in [-0.25, -0.2) is 9.13 Å². The number of hydrogen-bond acceptors (Lipinski definition) is 15. The molecule has 0 aliphatic heterocycles. The minimum absolute atomic E-state index is 0.0744. The van der Waals surface area contributed by atoms with E-state index in [1.165, 1.54) is 44.9 Å². The van der Waals surface area contributed by atoms with Crippen molar-refractivity contribution in [2.45, 2.75) is 341 Å². The van der Waals surface area contributed by atoms with E-state index < -0.39 is 97.5 Å². The maximum atomic E-state index is 13.1. The van der Waals surface area contributed by atoms with Crippen molar-refractivity contribution in [2.24, 2.45) is 0 Å². The van der Waals surface area contributed by atoms with E-state index in [4.69, 9.17) is 37.0 Å². The number of phosphoric acid groups is 2. The first-order chi connectivity index (χ1) is 48.7. The monoisotopic (exact) mass is 1450 g/mol. The number of esters is 4. The van der Waals surface area contributed by atoms with Gasteiger partial charge in [-0.2, -0.15) is 0 Å². The van der Waals surface area contributed by atoms with Crippen LogP contribution in [0.15, 0.2) is 109 Å². The van der Waals surface area contributed by atoms with Gasteiger partial charge in [-0.15, -0.1) is 0 Å². The van der Waals surface area contributed by atoms with Gasteiger partial charge in [0, 0.05) is 25.7 Å². The second-order valence-corrected chi connectivity index (χ2v) is 28.8. The van der Waals surface area contributed by atoms with Gasteiger partial charge in [0.25, 0.3) is 0 Å². The fourth-order valence-corrected chi connectivity index (χ4v) is 11.8. The summed E-state index contributed by atoms with van der Waals surface area (Å²) in [6, 6.07) is 0. The molecule has 0 spiro atoms. The Hall–Kier alpha value is -4.28.